The topological polar surface area (TPSA) is 24.9 Å². The zero-order valence-electron chi connectivity index (χ0n) is 9.59. The summed E-state index contributed by atoms with van der Waals surface area (Å²) in [5, 5.41) is 2.96. The van der Waals surface area contributed by atoms with E-state index in [2.05, 4.69) is 26.2 Å². The van der Waals surface area contributed by atoms with E-state index in [1.54, 1.807) is 12.3 Å². The maximum Gasteiger partial charge on any atom is 0.146 e. The molecule has 1 heterocycles. The molecule has 0 saturated carbocycles. The van der Waals surface area contributed by atoms with Gasteiger partial charge in [-0.2, -0.15) is 0 Å². The molecule has 0 amide bonds. The van der Waals surface area contributed by atoms with Crippen LogP contribution in [0.15, 0.2) is 34.9 Å². The highest BCUT2D eigenvalue weighted by atomic mass is 79.9. The van der Waals surface area contributed by atoms with E-state index in [0.717, 1.165) is 15.6 Å². The van der Waals surface area contributed by atoms with Gasteiger partial charge in [0, 0.05) is 10.7 Å². The SMILES string of the molecule is Cc1ccc(Nc2cc(C)c(Br)cn2)c(F)c1. The third kappa shape index (κ3) is 2.82. The van der Waals surface area contributed by atoms with Crippen LogP contribution >= 0.6 is 15.9 Å². The number of pyridine rings is 1. The van der Waals surface area contributed by atoms with E-state index < -0.39 is 0 Å². The third-order valence-electron chi connectivity index (χ3n) is 2.43. The van der Waals surface area contributed by atoms with Crippen molar-refractivity contribution in [3.63, 3.8) is 0 Å². The van der Waals surface area contributed by atoms with Crippen molar-refractivity contribution >= 4 is 27.4 Å². The third-order valence-corrected chi connectivity index (χ3v) is 3.26. The summed E-state index contributed by atoms with van der Waals surface area (Å²) in [7, 11) is 0. The molecule has 0 fully saturated rings. The van der Waals surface area contributed by atoms with Gasteiger partial charge in [-0.1, -0.05) is 6.07 Å². The molecule has 0 aliphatic rings. The maximum absolute atomic E-state index is 13.6. The summed E-state index contributed by atoms with van der Waals surface area (Å²) in [6.45, 7) is 3.82. The van der Waals surface area contributed by atoms with Gasteiger partial charge in [0.1, 0.15) is 11.6 Å². The quantitative estimate of drug-likeness (QED) is 0.891. The molecule has 17 heavy (non-hydrogen) atoms. The van der Waals surface area contributed by atoms with Gasteiger partial charge in [0.15, 0.2) is 0 Å². The average molecular weight is 295 g/mol. The van der Waals surface area contributed by atoms with Gasteiger partial charge in [0.2, 0.25) is 0 Å². The van der Waals surface area contributed by atoms with Crippen LogP contribution in [0.25, 0.3) is 0 Å². The van der Waals surface area contributed by atoms with Crippen LogP contribution < -0.4 is 5.32 Å². The summed E-state index contributed by atoms with van der Waals surface area (Å²) in [5.41, 5.74) is 2.38. The molecular weight excluding hydrogens is 283 g/mol. The fourth-order valence-corrected chi connectivity index (χ4v) is 1.68. The summed E-state index contributed by atoms with van der Waals surface area (Å²) in [4.78, 5) is 4.17. The Kier molecular flexibility index (Phi) is 3.43. The van der Waals surface area contributed by atoms with Crippen LogP contribution in [0.4, 0.5) is 15.9 Å². The maximum atomic E-state index is 13.6. The minimum Gasteiger partial charge on any atom is -0.338 e. The highest BCUT2D eigenvalue weighted by molar-refractivity contribution is 9.10. The fraction of sp³-hybridized carbons (Fsp3) is 0.154. The van der Waals surface area contributed by atoms with Gasteiger partial charge >= 0.3 is 0 Å². The van der Waals surface area contributed by atoms with Crippen molar-refractivity contribution in [2.24, 2.45) is 0 Å². The molecule has 2 aromatic rings. The Labute approximate surface area is 108 Å². The van der Waals surface area contributed by atoms with Crippen molar-refractivity contribution in [3.05, 3.63) is 51.9 Å². The lowest BCUT2D eigenvalue weighted by atomic mass is 10.2. The van der Waals surface area contributed by atoms with E-state index >= 15 is 0 Å². The molecule has 4 heteroatoms. The first-order chi connectivity index (χ1) is 8.06. The largest absolute Gasteiger partial charge is 0.338 e. The zero-order valence-corrected chi connectivity index (χ0v) is 11.2. The van der Waals surface area contributed by atoms with Gasteiger partial charge in [-0.25, -0.2) is 9.37 Å². The van der Waals surface area contributed by atoms with Crippen LogP contribution in [0.1, 0.15) is 11.1 Å². The van der Waals surface area contributed by atoms with Crippen LogP contribution in [0.5, 0.6) is 0 Å². The summed E-state index contributed by atoms with van der Waals surface area (Å²) in [5.74, 6) is 0.362. The van der Waals surface area contributed by atoms with E-state index in [1.807, 2.05) is 26.0 Å². The van der Waals surface area contributed by atoms with Gasteiger partial charge in [-0.15, -0.1) is 0 Å². The van der Waals surface area contributed by atoms with Crippen molar-refractivity contribution in [1.82, 2.24) is 4.98 Å². The lowest BCUT2D eigenvalue weighted by Gasteiger charge is -2.08. The normalized spacial score (nSPS) is 10.4. The van der Waals surface area contributed by atoms with Crippen LogP contribution in [0.2, 0.25) is 0 Å². The van der Waals surface area contributed by atoms with Crippen molar-refractivity contribution in [1.29, 1.82) is 0 Å². The number of halogens is 2. The molecule has 0 atom stereocenters. The number of rotatable bonds is 2. The molecule has 0 aliphatic heterocycles. The number of anilines is 2. The first-order valence-corrected chi connectivity index (χ1v) is 6.01. The zero-order chi connectivity index (χ0) is 12.4. The van der Waals surface area contributed by atoms with Gasteiger partial charge in [0.05, 0.1) is 5.69 Å². The number of aromatic nitrogens is 1. The second-order valence-corrected chi connectivity index (χ2v) is 4.78. The number of aryl methyl sites for hydroxylation is 2. The summed E-state index contributed by atoms with van der Waals surface area (Å²) >= 11 is 3.37. The molecule has 0 aliphatic carbocycles. The molecule has 0 spiro atoms. The minimum atomic E-state index is -0.271. The summed E-state index contributed by atoms with van der Waals surface area (Å²) in [6.07, 6.45) is 1.70. The van der Waals surface area contributed by atoms with Crippen molar-refractivity contribution in [2.45, 2.75) is 13.8 Å². The molecular formula is C13H12BrFN2. The van der Waals surface area contributed by atoms with Crippen LogP contribution in [-0.4, -0.2) is 4.98 Å². The summed E-state index contributed by atoms with van der Waals surface area (Å²) < 4.78 is 14.6. The smallest absolute Gasteiger partial charge is 0.146 e. The highest BCUT2D eigenvalue weighted by Gasteiger charge is 2.04. The second-order valence-electron chi connectivity index (χ2n) is 3.93. The Morgan fingerprint density at radius 1 is 1.24 bits per heavy atom. The lowest BCUT2D eigenvalue weighted by molar-refractivity contribution is 0.630. The Morgan fingerprint density at radius 2 is 2.00 bits per heavy atom. The van der Waals surface area contributed by atoms with E-state index in [0.29, 0.717) is 11.5 Å². The Morgan fingerprint density at radius 3 is 2.65 bits per heavy atom. The van der Waals surface area contributed by atoms with Gasteiger partial charge in [-0.3, -0.25) is 0 Å². The fourth-order valence-electron chi connectivity index (χ4n) is 1.47. The first kappa shape index (κ1) is 12.0. The molecule has 0 unspecified atom stereocenters. The number of hydrogen-bond acceptors (Lipinski definition) is 2. The van der Waals surface area contributed by atoms with Crippen LogP contribution in [0.3, 0.4) is 0 Å². The van der Waals surface area contributed by atoms with Crippen LogP contribution in [-0.2, 0) is 0 Å². The van der Waals surface area contributed by atoms with E-state index in [-0.39, 0.29) is 5.82 Å². The standard InChI is InChI=1S/C13H12BrFN2/c1-8-3-4-12(11(15)5-8)17-13-6-9(2)10(14)7-16-13/h3-7H,1-2H3,(H,16,17). The summed E-state index contributed by atoms with van der Waals surface area (Å²) in [6, 6.07) is 6.93. The number of nitrogens with zero attached hydrogens (tertiary/aromatic N) is 1. The Hall–Kier alpha value is -1.42. The monoisotopic (exact) mass is 294 g/mol. The van der Waals surface area contributed by atoms with E-state index in [9.17, 15) is 4.39 Å². The van der Waals surface area contributed by atoms with Crippen molar-refractivity contribution in [2.75, 3.05) is 5.32 Å². The van der Waals surface area contributed by atoms with Gasteiger partial charge < -0.3 is 5.32 Å². The van der Waals surface area contributed by atoms with Crippen molar-refractivity contribution < 1.29 is 4.39 Å². The average Bonchev–Trinajstić information content (AvgIpc) is 2.27. The van der Waals surface area contributed by atoms with Gasteiger partial charge in [-0.05, 0) is 59.1 Å². The van der Waals surface area contributed by atoms with Gasteiger partial charge in [0.25, 0.3) is 0 Å². The Balaban J connectivity index is 2.28. The molecule has 88 valence electrons. The Bertz CT molecular complexity index is 555. The molecule has 0 radical (unpaired) electrons. The molecule has 1 N–H and O–H groups in total. The molecule has 2 rings (SSSR count). The lowest BCUT2D eigenvalue weighted by Crippen LogP contribution is -1.97. The van der Waals surface area contributed by atoms with E-state index in [4.69, 9.17) is 0 Å². The predicted molar refractivity (Wildman–Crippen MR) is 71.1 cm³/mol. The number of benzene rings is 1. The minimum absolute atomic E-state index is 0.271. The molecule has 1 aromatic heterocycles. The molecule has 0 saturated heterocycles. The van der Waals surface area contributed by atoms with Crippen molar-refractivity contribution in [3.8, 4) is 0 Å². The highest BCUT2D eigenvalue weighted by Crippen LogP contribution is 2.22. The van der Waals surface area contributed by atoms with Crippen LogP contribution in [0, 0.1) is 19.7 Å². The number of hydrogen-bond donors (Lipinski definition) is 1. The predicted octanol–water partition coefficient (Wildman–Crippen LogP) is 4.34. The molecule has 0 bridgehead atoms. The second kappa shape index (κ2) is 4.84. The molecule has 2 nitrogen and oxygen atoms in total. The van der Waals surface area contributed by atoms with E-state index in [1.165, 1.54) is 6.07 Å². The number of nitrogens with one attached hydrogen (secondary N) is 1. The molecule has 1 aromatic carbocycles. The first-order valence-electron chi connectivity index (χ1n) is 5.21.